The third kappa shape index (κ3) is 7.55. The van der Waals surface area contributed by atoms with Crippen LogP contribution in [0.4, 0.5) is 4.79 Å². The highest BCUT2D eigenvalue weighted by molar-refractivity contribution is 6.36. The van der Waals surface area contributed by atoms with Crippen LogP contribution in [0.15, 0.2) is 30.3 Å². The van der Waals surface area contributed by atoms with Gasteiger partial charge in [0, 0.05) is 18.9 Å². The van der Waals surface area contributed by atoms with E-state index in [4.69, 9.17) is 10.5 Å². The Kier molecular flexibility index (Phi) is 10.2. The first-order chi connectivity index (χ1) is 23.4. The number of hydrogen-bond donors (Lipinski definition) is 3. The number of urea groups is 1. The topological polar surface area (TPSA) is 165 Å². The Morgan fingerprint density at radius 2 is 1.61 bits per heavy atom. The van der Waals surface area contributed by atoms with Crippen molar-refractivity contribution in [3.8, 4) is 0 Å². The first-order valence-corrected chi connectivity index (χ1v) is 18.4. The molecule has 1 unspecified atom stereocenters. The van der Waals surface area contributed by atoms with Crippen molar-refractivity contribution in [1.82, 2.24) is 15.5 Å². The summed E-state index contributed by atoms with van der Waals surface area (Å²) in [5.41, 5.74) is 4.91. The molecule has 1 aromatic carbocycles. The van der Waals surface area contributed by atoms with Gasteiger partial charge >= 0.3 is 12.0 Å². The van der Waals surface area contributed by atoms with Crippen LogP contribution in [-0.4, -0.2) is 64.4 Å². The molecule has 4 N–H and O–H groups in total. The van der Waals surface area contributed by atoms with Crippen LogP contribution in [-0.2, 0) is 35.3 Å². The van der Waals surface area contributed by atoms with Gasteiger partial charge in [0.15, 0.2) is 5.78 Å². The molecule has 1 aromatic rings. The number of nitrogens with zero attached hydrogens (tertiary/aromatic N) is 1. The summed E-state index contributed by atoms with van der Waals surface area (Å²) < 4.78 is 5.69. The van der Waals surface area contributed by atoms with Crippen molar-refractivity contribution in [2.75, 3.05) is 6.54 Å². The molecule has 5 atom stereocenters. The fraction of sp³-hybridized carbons (Fsp3) is 0.684. The van der Waals surface area contributed by atoms with Crippen molar-refractivity contribution in [3.05, 3.63) is 35.9 Å². The average molecular weight is 677 g/mol. The van der Waals surface area contributed by atoms with Crippen LogP contribution in [0.1, 0.15) is 103 Å². The third-order valence-electron chi connectivity index (χ3n) is 12.3. The number of ketones is 2. The molecule has 5 aliphatic rings. The highest BCUT2D eigenvalue weighted by Gasteiger charge is 2.69. The van der Waals surface area contributed by atoms with E-state index >= 15 is 0 Å². The van der Waals surface area contributed by atoms with Gasteiger partial charge in [0.2, 0.25) is 11.7 Å². The molecule has 266 valence electrons. The number of rotatable bonds is 14. The van der Waals surface area contributed by atoms with Crippen LogP contribution in [0.25, 0.3) is 0 Å². The van der Waals surface area contributed by atoms with Crippen LogP contribution in [0.2, 0.25) is 0 Å². The van der Waals surface area contributed by atoms with E-state index in [0.717, 1.165) is 63.4 Å². The standard InChI is InChI=1S/C38H52N4O7/c1-37(2)27-21-42(31(29(27)37)28(43)20-26(19-23-15-16-23)32(44)33(39)45)34(46)30(25-13-7-4-8-14-25)40-36(48)41-38(17-9-10-18-38)35(47)49-22-24-11-5-3-6-12-24/h3,5-6,11-12,23,25-27,29-31H,4,7-10,13-22H2,1-2H3,(H2,39,45)(H2,40,41,48)/t26?,27-,29-,30-,31+/m0/s1. The van der Waals surface area contributed by atoms with Gasteiger partial charge in [0.05, 0.1) is 6.04 Å². The Labute approximate surface area is 288 Å². The van der Waals surface area contributed by atoms with Crippen LogP contribution >= 0.6 is 0 Å². The smallest absolute Gasteiger partial charge is 0.332 e. The SMILES string of the molecule is CC1(C)[C@@H]2[C@@H](C(=O)CC(CC3CC3)C(=O)C(N)=O)N(C(=O)[C@@H](NC(=O)NC3(C(=O)OCc4ccccc4)CCCC3)C3CCCCC3)C[C@@H]21. The zero-order valence-corrected chi connectivity index (χ0v) is 28.9. The number of carbonyl (C=O) groups excluding carboxylic acids is 6. The zero-order valence-electron chi connectivity index (χ0n) is 28.9. The third-order valence-corrected chi connectivity index (χ3v) is 12.3. The second kappa shape index (κ2) is 14.2. The van der Waals surface area contributed by atoms with Crippen molar-refractivity contribution in [3.63, 3.8) is 0 Å². The van der Waals surface area contributed by atoms with E-state index in [1.54, 1.807) is 4.90 Å². The molecular formula is C38H52N4O7. The number of hydrogen-bond acceptors (Lipinski definition) is 7. The molecule has 0 aromatic heterocycles. The number of fused-ring (bicyclic) bond motifs is 1. The van der Waals surface area contributed by atoms with Gasteiger partial charge in [-0.05, 0) is 66.8 Å². The van der Waals surface area contributed by atoms with Gasteiger partial charge in [0.1, 0.15) is 18.2 Å². The monoisotopic (exact) mass is 676 g/mol. The second-order valence-electron chi connectivity index (χ2n) is 16.0. The van der Waals surface area contributed by atoms with Crippen LogP contribution in [0, 0.1) is 35.0 Å². The summed E-state index contributed by atoms with van der Waals surface area (Å²) in [6.07, 6.45) is 9.14. The minimum absolute atomic E-state index is 0.0591. The van der Waals surface area contributed by atoms with E-state index < -0.39 is 47.2 Å². The molecule has 0 spiro atoms. The molecule has 11 nitrogen and oxygen atoms in total. The number of amides is 4. The number of nitrogens with two attached hydrogens (primary N) is 1. The lowest BCUT2D eigenvalue weighted by atomic mass is 9.82. The molecule has 11 heteroatoms. The summed E-state index contributed by atoms with van der Waals surface area (Å²) in [5, 5.41) is 5.92. The molecule has 4 aliphatic carbocycles. The normalized spacial score (nSPS) is 26.6. The van der Waals surface area contributed by atoms with E-state index in [-0.39, 0.29) is 47.9 Å². The van der Waals surface area contributed by atoms with Crippen molar-refractivity contribution in [1.29, 1.82) is 0 Å². The quantitative estimate of drug-likeness (QED) is 0.196. The fourth-order valence-corrected chi connectivity index (χ4v) is 9.13. The summed E-state index contributed by atoms with van der Waals surface area (Å²) >= 11 is 0. The maximum atomic E-state index is 14.6. The molecule has 49 heavy (non-hydrogen) atoms. The number of piperidine rings is 1. The minimum atomic E-state index is -1.18. The van der Waals surface area contributed by atoms with Crippen molar-refractivity contribution >= 4 is 35.4 Å². The molecule has 6 rings (SSSR count). The molecule has 0 radical (unpaired) electrons. The average Bonchev–Trinajstić information content (AvgIpc) is 3.83. The number of benzene rings is 1. The first kappa shape index (κ1) is 35.1. The molecule has 4 saturated carbocycles. The van der Waals surface area contributed by atoms with E-state index in [1.165, 1.54) is 0 Å². The summed E-state index contributed by atoms with van der Waals surface area (Å²) in [5.74, 6) is -3.26. The van der Waals surface area contributed by atoms with E-state index in [9.17, 15) is 28.8 Å². The first-order valence-electron chi connectivity index (χ1n) is 18.4. The number of esters is 1. The number of carbonyl (C=O) groups is 6. The fourth-order valence-electron chi connectivity index (χ4n) is 9.13. The van der Waals surface area contributed by atoms with Gasteiger partial charge < -0.3 is 26.0 Å². The van der Waals surface area contributed by atoms with Crippen molar-refractivity contribution < 1.29 is 33.5 Å². The predicted octanol–water partition coefficient (Wildman–Crippen LogP) is 4.20. The Hall–Kier alpha value is -3.76. The molecule has 0 bridgehead atoms. The Morgan fingerprint density at radius 3 is 2.24 bits per heavy atom. The van der Waals surface area contributed by atoms with Crippen LogP contribution in [0.5, 0.6) is 0 Å². The second-order valence-corrected chi connectivity index (χ2v) is 16.0. The molecule has 1 heterocycles. The van der Waals surface area contributed by atoms with Gasteiger partial charge in [-0.15, -0.1) is 0 Å². The number of Topliss-reactive ketones (excluding diaryl/α,β-unsaturated/α-hetero) is 2. The van der Waals surface area contributed by atoms with Crippen molar-refractivity contribution in [2.24, 2.45) is 40.7 Å². The van der Waals surface area contributed by atoms with E-state index in [1.807, 2.05) is 30.3 Å². The number of likely N-dealkylation sites (tertiary alicyclic amines) is 1. The Balaban J connectivity index is 1.18. The van der Waals surface area contributed by atoms with E-state index in [2.05, 4.69) is 24.5 Å². The lowest BCUT2D eigenvalue weighted by Gasteiger charge is -2.37. The number of ether oxygens (including phenoxy) is 1. The van der Waals surface area contributed by atoms with Gasteiger partial charge in [-0.3, -0.25) is 19.2 Å². The van der Waals surface area contributed by atoms with Crippen LogP contribution in [0.3, 0.4) is 0 Å². The molecule has 1 saturated heterocycles. The Bertz CT molecular complexity index is 1440. The lowest BCUT2D eigenvalue weighted by molar-refractivity contribution is -0.152. The number of primary amides is 1. The molecular weight excluding hydrogens is 624 g/mol. The number of nitrogens with one attached hydrogen (secondary N) is 2. The van der Waals surface area contributed by atoms with E-state index in [0.29, 0.717) is 31.7 Å². The maximum absolute atomic E-state index is 14.6. The summed E-state index contributed by atoms with van der Waals surface area (Å²) in [7, 11) is 0. The predicted molar refractivity (Wildman–Crippen MR) is 180 cm³/mol. The highest BCUT2D eigenvalue weighted by Crippen LogP contribution is 2.65. The zero-order chi connectivity index (χ0) is 34.9. The summed E-state index contributed by atoms with van der Waals surface area (Å²) in [4.78, 5) is 82.2. The molecule has 4 amide bonds. The molecule has 5 fully saturated rings. The van der Waals surface area contributed by atoms with Crippen LogP contribution < -0.4 is 16.4 Å². The lowest BCUT2D eigenvalue weighted by Crippen LogP contribution is -2.62. The van der Waals surface area contributed by atoms with Gasteiger partial charge in [-0.2, -0.15) is 0 Å². The largest absolute Gasteiger partial charge is 0.459 e. The van der Waals surface area contributed by atoms with Gasteiger partial charge in [-0.1, -0.05) is 89.1 Å². The minimum Gasteiger partial charge on any atom is -0.459 e. The summed E-state index contributed by atoms with van der Waals surface area (Å²) in [6.45, 7) is 4.70. The Morgan fingerprint density at radius 1 is 0.939 bits per heavy atom. The summed E-state index contributed by atoms with van der Waals surface area (Å²) in [6, 6.07) is 7.19. The highest BCUT2D eigenvalue weighted by atomic mass is 16.5. The van der Waals surface area contributed by atoms with Gasteiger partial charge in [-0.25, -0.2) is 9.59 Å². The molecule has 1 aliphatic heterocycles. The van der Waals surface area contributed by atoms with Gasteiger partial charge in [0.25, 0.3) is 5.91 Å². The van der Waals surface area contributed by atoms with Crippen molar-refractivity contribution in [2.45, 2.75) is 122 Å². The maximum Gasteiger partial charge on any atom is 0.332 e.